The fraction of sp³-hybridized carbons (Fsp3) is 0.588. The first-order valence-corrected chi connectivity index (χ1v) is 7.98. The molecular weight excluding hydrogens is 283 g/mol. The van der Waals surface area contributed by atoms with Gasteiger partial charge in [-0.25, -0.2) is 4.39 Å². The van der Waals surface area contributed by atoms with Crippen LogP contribution in [0.3, 0.4) is 0 Å². The zero-order valence-electron chi connectivity index (χ0n) is 13.1. The maximum Gasteiger partial charge on any atom is 0.225 e. The molecule has 1 atom stereocenters. The number of carbonyl (C=O) groups is 1. The number of amides is 1. The van der Waals surface area contributed by atoms with Gasteiger partial charge < -0.3 is 15.7 Å². The van der Waals surface area contributed by atoms with Crippen molar-refractivity contribution in [2.24, 2.45) is 0 Å². The molecule has 2 rings (SSSR count). The lowest BCUT2D eigenvalue weighted by Crippen LogP contribution is -2.45. The molecule has 5 heteroatoms. The molecule has 1 aliphatic rings. The molecule has 22 heavy (non-hydrogen) atoms. The first-order chi connectivity index (χ1) is 10.5. The number of halogens is 1. The number of benzene rings is 1. The van der Waals surface area contributed by atoms with Gasteiger partial charge in [0, 0.05) is 24.7 Å². The van der Waals surface area contributed by atoms with Gasteiger partial charge in [0.2, 0.25) is 5.91 Å². The normalized spacial score (nSPS) is 18.7. The molecule has 1 unspecified atom stereocenters. The van der Waals surface area contributed by atoms with Gasteiger partial charge >= 0.3 is 0 Å². The number of aliphatic hydroxyl groups is 1. The molecule has 4 nitrogen and oxygen atoms in total. The number of nitrogens with one attached hydrogen (secondary N) is 2. The molecule has 0 spiro atoms. The van der Waals surface area contributed by atoms with E-state index >= 15 is 0 Å². The van der Waals surface area contributed by atoms with Crippen LogP contribution in [0.1, 0.15) is 45.4 Å². The summed E-state index contributed by atoms with van der Waals surface area (Å²) in [5.41, 5.74) is -0.0375. The van der Waals surface area contributed by atoms with Crippen LogP contribution in [-0.4, -0.2) is 29.2 Å². The summed E-state index contributed by atoms with van der Waals surface area (Å²) >= 11 is 0. The number of carbonyl (C=O) groups excluding carboxylic acids is 1. The van der Waals surface area contributed by atoms with Crippen LogP contribution in [0.2, 0.25) is 0 Å². The lowest BCUT2D eigenvalue weighted by molar-refractivity contribution is -0.116. The largest absolute Gasteiger partial charge is 0.389 e. The second-order valence-electron chi connectivity index (χ2n) is 6.33. The number of anilines is 1. The summed E-state index contributed by atoms with van der Waals surface area (Å²) in [6.07, 6.45) is 5.30. The first kappa shape index (κ1) is 16.9. The molecule has 0 heterocycles. The summed E-state index contributed by atoms with van der Waals surface area (Å²) in [7, 11) is 0. The van der Waals surface area contributed by atoms with Gasteiger partial charge in [0.25, 0.3) is 0 Å². The van der Waals surface area contributed by atoms with Crippen molar-refractivity contribution in [2.75, 3.05) is 11.9 Å². The smallest absolute Gasteiger partial charge is 0.225 e. The van der Waals surface area contributed by atoms with Crippen LogP contribution < -0.4 is 10.6 Å². The van der Waals surface area contributed by atoms with Crippen LogP contribution >= 0.6 is 0 Å². The molecule has 1 amide bonds. The Morgan fingerprint density at radius 3 is 2.55 bits per heavy atom. The van der Waals surface area contributed by atoms with E-state index in [9.17, 15) is 14.3 Å². The standard InChI is InChI=1S/C17H25FN2O2/c1-13(19-12-17(22)9-3-2-4-10-17)11-16(21)20-15-7-5-14(18)6-8-15/h5-8,13,19,22H,2-4,9-12H2,1H3,(H,20,21). The number of hydrogen-bond acceptors (Lipinski definition) is 3. The molecule has 0 bridgehead atoms. The monoisotopic (exact) mass is 308 g/mol. The second-order valence-corrected chi connectivity index (χ2v) is 6.33. The van der Waals surface area contributed by atoms with Crippen molar-refractivity contribution in [3.05, 3.63) is 30.1 Å². The van der Waals surface area contributed by atoms with Gasteiger partial charge in [0.15, 0.2) is 0 Å². The molecule has 0 saturated heterocycles. The van der Waals surface area contributed by atoms with E-state index in [-0.39, 0.29) is 17.8 Å². The molecule has 3 N–H and O–H groups in total. The van der Waals surface area contributed by atoms with Crippen molar-refractivity contribution in [2.45, 2.75) is 57.1 Å². The molecule has 1 aromatic carbocycles. The molecule has 0 aromatic heterocycles. The van der Waals surface area contributed by atoms with Crippen molar-refractivity contribution in [1.29, 1.82) is 0 Å². The van der Waals surface area contributed by atoms with Gasteiger partial charge in [-0.1, -0.05) is 19.3 Å². The van der Waals surface area contributed by atoms with E-state index in [2.05, 4.69) is 10.6 Å². The molecule has 122 valence electrons. The quantitative estimate of drug-likeness (QED) is 0.757. The third-order valence-electron chi connectivity index (χ3n) is 4.18. The summed E-state index contributed by atoms with van der Waals surface area (Å²) in [5.74, 6) is -0.448. The molecule has 1 fully saturated rings. The molecule has 1 aromatic rings. The Hall–Kier alpha value is -1.46. The van der Waals surface area contributed by atoms with E-state index in [1.54, 1.807) is 0 Å². The van der Waals surface area contributed by atoms with Crippen molar-refractivity contribution >= 4 is 11.6 Å². The van der Waals surface area contributed by atoms with E-state index < -0.39 is 5.60 Å². The predicted octanol–water partition coefficient (Wildman–Crippen LogP) is 2.83. The highest BCUT2D eigenvalue weighted by atomic mass is 19.1. The Morgan fingerprint density at radius 2 is 1.91 bits per heavy atom. The van der Waals surface area contributed by atoms with Gasteiger partial charge in [0.05, 0.1) is 5.60 Å². The van der Waals surface area contributed by atoms with Crippen LogP contribution in [-0.2, 0) is 4.79 Å². The Morgan fingerprint density at radius 1 is 1.27 bits per heavy atom. The maximum absolute atomic E-state index is 12.8. The van der Waals surface area contributed by atoms with Crippen molar-refractivity contribution < 1.29 is 14.3 Å². The van der Waals surface area contributed by atoms with E-state index in [0.717, 1.165) is 25.7 Å². The maximum atomic E-state index is 12.8. The fourth-order valence-corrected chi connectivity index (χ4v) is 2.85. The summed E-state index contributed by atoms with van der Waals surface area (Å²) in [6, 6.07) is 5.68. The zero-order valence-corrected chi connectivity index (χ0v) is 13.1. The highest BCUT2D eigenvalue weighted by molar-refractivity contribution is 5.91. The summed E-state index contributed by atoms with van der Waals surface area (Å²) < 4.78 is 12.8. The summed E-state index contributed by atoms with van der Waals surface area (Å²) in [4.78, 5) is 11.9. The van der Waals surface area contributed by atoms with E-state index in [4.69, 9.17) is 0 Å². The first-order valence-electron chi connectivity index (χ1n) is 7.98. The second kappa shape index (κ2) is 7.70. The van der Waals surface area contributed by atoms with E-state index in [1.165, 1.54) is 30.7 Å². The lowest BCUT2D eigenvalue weighted by Gasteiger charge is -2.33. The van der Waals surface area contributed by atoms with Crippen molar-refractivity contribution in [1.82, 2.24) is 5.32 Å². The van der Waals surface area contributed by atoms with Crippen LogP contribution in [0.15, 0.2) is 24.3 Å². The number of rotatable bonds is 6. The van der Waals surface area contributed by atoms with E-state index in [1.807, 2.05) is 6.92 Å². The van der Waals surface area contributed by atoms with Crippen LogP contribution in [0.25, 0.3) is 0 Å². The van der Waals surface area contributed by atoms with Crippen LogP contribution in [0.5, 0.6) is 0 Å². The Bertz CT molecular complexity index is 484. The summed E-state index contributed by atoms with van der Waals surface area (Å²) in [5, 5.41) is 16.4. The van der Waals surface area contributed by atoms with Gasteiger partial charge in [-0.2, -0.15) is 0 Å². The van der Waals surface area contributed by atoms with Gasteiger partial charge in [-0.3, -0.25) is 4.79 Å². The highest BCUT2D eigenvalue weighted by Gasteiger charge is 2.29. The molecular formula is C17H25FN2O2. The zero-order chi connectivity index (χ0) is 16.0. The lowest BCUT2D eigenvalue weighted by atomic mass is 9.85. The topological polar surface area (TPSA) is 61.4 Å². The third kappa shape index (κ3) is 5.39. The van der Waals surface area contributed by atoms with Crippen molar-refractivity contribution in [3.8, 4) is 0 Å². The minimum absolute atomic E-state index is 0.0219. The van der Waals surface area contributed by atoms with Crippen LogP contribution in [0.4, 0.5) is 10.1 Å². The minimum Gasteiger partial charge on any atom is -0.389 e. The SMILES string of the molecule is CC(CC(=O)Nc1ccc(F)cc1)NCC1(O)CCCCC1. The fourth-order valence-electron chi connectivity index (χ4n) is 2.85. The molecule has 0 radical (unpaired) electrons. The third-order valence-corrected chi connectivity index (χ3v) is 4.18. The van der Waals surface area contributed by atoms with Crippen molar-refractivity contribution in [3.63, 3.8) is 0 Å². The average molecular weight is 308 g/mol. The predicted molar refractivity (Wildman–Crippen MR) is 85.1 cm³/mol. The van der Waals surface area contributed by atoms with E-state index in [0.29, 0.717) is 18.7 Å². The summed E-state index contributed by atoms with van der Waals surface area (Å²) in [6.45, 7) is 2.45. The average Bonchev–Trinajstić information content (AvgIpc) is 2.48. The molecule has 1 saturated carbocycles. The Kier molecular flexibility index (Phi) is 5.91. The molecule has 1 aliphatic carbocycles. The van der Waals surface area contributed by atoms with Gasteiger partial charge in [-0.05, 0) is 44.0 Å². The Balaban J connectivity index is 1.72. The Labute approximate surface area is 131 Å². The minimum atomic E-state index is -0.625. The number of hydrogen-bond donors (Lipinski definition) is 3. The van der Waals surface area contributed by atoms with Crippen LogP contribution in [0, 0.1) is 5.82 Å². The molecule has 0 aliphatic heterocycles. The van der Waals surface area contributed by atoms with Gasteiger partial charge in [0.1, 0.15) is 5.82 Å². The van der Waals surface area contributed by atoms with Gasteiger partial charge in [-0.15, -0.1) is 0 Å². The highest BCUT2D eigenvalue weighted by Crippen LogP contribution is 2.27.